The van der Waals surface area contributed by atoms with E-state index in [0.717, 1.165) is 11.1 Å². The molecule has 0 saturated heterocycles. The zero-order chi connectivity index (χ0) is 18.0. The van der Waals surface area contributed by atoms with Gasteiger partial charge in [-0.1, -0.05) is 6.07 Å². The predicted octanol–water partition coefficient (Wildman–Crippen LogP) is 3.24. The van der Waals surface area contributed by atoms with Crippen molar-refractivity contribution in [3.63, 3.8) is 0 Å². The van der Waals surface area contributed by atoms with E-state index in [4.69, 9.17) is 4.42 Å². The van der Waals surface area contributed by atoms with Crippen LogP contribution in [0.15, 0.2) is 28.7 Å². The Labute approximate surface area is 140 Å². The maximum Gasteiger partial charge on any atom is 0.432 e. The number of aryl methyl sites for hydroxylation is 2. The first-order valence-corrected chi connectivity index (χ1v) is 7.60. The van der Waals surface area contributed by atoms with Gasteiger partial charge in [-0.3, -0.25) is 9.89 Å². The van der Waals surface area contributed by atoms with E-state index in [1.54, 1.807) is 5.10 Å². The summed E-state index contributed by atoms with van der Waals surface area (Å²) in [6.45, 7) is 2.22. The number of nitrogens with one attached hydrogen (secondary N) is 2. The average Bonchev–Trinajstić information content (AvgIpc) is 3.17. The highest BCUT2D eigenvalue weighted by molar-refractivity contribution is 5.92. The summed E-state index contributed by atoms with van der Waals surface area (Å²) >= 11 is 0. The lowest BCUT2D eigenvalue weighted by Gasteiger charge is -2.01. The molecule has 0 aliphatic heterocycles. The summed E-state index contributed by atoms with van der Waals surface area (Å²) in [7, 11) is 0. The van der Waals surface area contributed by atoms with E-state index in [1.807, 2.05) is 25.1 Å². The summed E-state index contributed by atoms with van der Waals surface area (Å²) < 4.78 is 43.0. The minimum absolute atomic E-state index is 0.269. The number of oxazole rings is 1. The van der Waals surface area contributed by atoms with Gasteiger partial charge in [0.15, 0.2) is 17.2 Å². The Morgan fingerprint density at radius 3 is 2.84 bits per heavy atom. The van der Waals surface area contributed by atoms with Crippen LogP contribution < -0.4 is 5.32 Å². The standard InChI is InChI=1S/C16H15F3N4O2/c1-9-4-5-10-12(7-9)25-14(21-10)3-2-6-20-15(24)11-8-13(23-22-11)16(17,18)19/h4-5,7-8H,2-3,6H2,1H3,(H,20,24)(H,22,23). The third kappa shape index (κ3) is 3.98. The molecule has 0 radical (unpaired) electrons. The summed E-state index contributed by atoms with van der Waals surface area (Å²) in [5, 5.41) is 7.69. The molecule has 2 heterocycles. The van der Waals surface area contributed by atoms with Crippen molar-refractivity contribution in [2.75, 3.05) is 6.54 Å². The third-order valence-corrected chi connectivity index (χ3v) is 3.56. The number of amides is 1. The summed E-state index contributed by atoms with van der Waals surface area (Å²) in [6, 6.07) is 6.38. The van der Waals surface area contributed by atoms with Crippen LogP contribution in [-0.2, 0) is 12.6 Å². The minimum atomic E-state index is -4.56. The van der Waals surface area contributed by atoms with Crippen molar-refractivity contribution >= 4 is 17.0 Å². The zero-order valence-electron chi connectivity index (χ0n) is 13.3. The molecular weight excluding hydrogens is 337 g/mol. The van der Waals surface area contributed by atoms with E-state index in [2.05, 4.69) is 15.4 Å². The molecule has 0 fully saturated rings. The molecule has 6 nitrogen and oxygen atoms in total. The number of hydrogen-bond donors (Lipinski definition) is 2. The lowest BCUT2D eigenvalue weighted by Crippen LogP contribution is -2.25. The number of hydrogen-bond acceptors (Lipinski definition) is 4. The number of rotatable bonds is 5. The van der Waals surface area contributed by atoms with Crippen LogP contribution in [0.1, 0.15) is 34.1 Å². The Kier molecular flexibility index (Phi) is 4.47. The van der Waals surface area contributed by atoms with Crippen molar-refractivity contribution in [1.29, 1.82) is 0 Å². The van der Waals surface area contributed by atoms with E-state index in [0.29, 0.717) is 30.4 Å². The number of nitrogens with zero attached hydrogens (tertiary/aromatic N) is 2. The highest BCUT2D eigenvalue weighted by atomic mass is 19.4. The molecule has 0 spiro atoms. The van der Waals surface area contributed by atoms with E-state index in [1.165, 1.54) is 0 Å². The van der Waals surface area contributed by atoms with E-state index in [-0.39, 0.29) is 12.2 Å². The summed E-state index contributed by atoms with van der Waals surface area (Å²) in [6.07, 6.45) is -3.52. The monoisotopic (exact) mass is 352 g/mol. The molecule has 2 N–H and O–H groups in total. The molecule has 25 heavy (non-hydrogen) atoms. The number of aromatic amines is 1. The molecule has 0 aliphatic carbocycles. The maximum atomic E-state index is 12.5. The van der Waals surface area contributed by atoms with Crippen LogP contribution in [0.2, 0.25) is 0 Å². The van der Waals surface area contributed by atoms with Gasteiger partial charge >= 0.3 is 6.18 Å². The molecule has 1 aromatic carbocycles. The Hall–Kier alpha value is -2.84. The quantitative estimate of drug-likeness (QED) is 0.691. The summed E-state index contributed by atoms with van der Waals surface area (Å²) in [4.78, 5) is 16.1. The molecule has 0 aliphatic rings. The average molecular weight is 352 g/mol. The van der Waals surface area contributed by atoms with Crippen LogP contribution in [-0.4, -0.2) is 27.6 Å². The fourth-order valence-corrected chi connectivity index (χ4v) is 2.30. The Bertz CT molecular complexity index is 898. The van der Waals surface area contributed by atoms with Gasteiger partial charge < -0.3 is 9.73 Å². The van der Waals surface area contributed by atoms with Crippen LogP contribution in [0.3, 0.4) is 0 Å². The Morgan fingerprint density at radius 2 is 2.12 bits per heavy atom. The van der Waals surface area contributed by atoms with Crippen LogP contribution in [0.25, 0.3) is 11.1 Å². The SMILES string of the molecule is Cc1ccc2nc(CCCNC(=O)c3cc(C(F)(F)F)[nH]n3)oc2c1. The predicted molar refractivity (Wildman–Crippen MR) is 83.0 cm³/mol. The van der Waals surface area contributed by atoms with Crippen molar-refractivity contribution in [3.8, 4) is 0 Å². The molecule has 9 heteroatoms. The van der Waals surface area contributed by atoms with Gasteiger partial charge in [-0.15, -0.1) is 0 Å². The van der Waals surface area contributed by atoms with Crippen molar-refractivity contribution in [1.82, 2.24) is 20.5 Å². The van der Waals surface area contributed by atoms with E-state index >= 15 is 0 Å². The van der Waals surface area contributed by atoms with Gasteiger partial charge in [0, 0.05) is 19.0 Å². The largest absolute Gasteiger partial charge is 0.441 e. The molecule has 0 unspecified atom stereocenters. The summed E-state index contributed by atoms with van der Waals surface area (Å²) in [5.74, 6) is -0.117. The number of halogens is 3. The molecule has 0 saturated carbocycles. The normalized spacial score (nSPS) is 11.8. The van der Waals surface area contributed by atoms with Gasteiger partial charge in [-0.25, -0.2) is 4.98 Å². The van der Waals surface area contributed by atoms with Crippen molar-refractivity contribution in [2.24, 2.45) is 0 Å². The van der Waals surface area contributed by atoms with Crippen molar-refractivity contribution in [3.05, 3.63) is 47.1 Å². The van der Waals surface area contributed by atoms with Crippen LogP contribution >= 0.6 is 0 Å². The second-order valence-corrected chi connectivity index (χ2v) is 5.60. The number of aromatic nitrogens is 3. The van der Waals surface area contributed by atoms with Crippen molar-refractivity contribution in [2.45, 2.75) is 25.9 Å². The number of fused-ring (bicyclic) bond motifs is 1. The molecule has 0 atom stereocenters. The van der Waals surface area contributed by atoms with E-state index in [9.17, 15) is 18.0 Å². The number of carbonyl (C=O) groups excluding carboxylic acids is 1. The van der Waals surface area contributed by atoms with Gasteiger partial charge in [-0.05, 0) is 31.0 Å². The second kappa shape index (κ2) is 6.58. The smallest absolute Gasteiger partial charge is 0.432 e. The van der Waals surface area contributed by atoms with Crippen LogP contribution in [0.4, 0.5) is 13.2 Å². The summed E-state index contributed by atoms with van der Waals surface area (Å²) in [5.41, 5.74) is 1.18. The number of carbonyl (C=O) groups is 1. The third-order valence-electron chi connectivity index (χ3n) is 3.56. The fraction of sp³-hybridized carbons (Fsp3) is 0.312. The number of benzene rings is 1. The fourth-order valence-electron chi connectivity index (χ4n) is 2.30. The van der Waals surface area contributed by atoms with Gasteiger partial charge in [0.1, 0.15) is 11.2 Å². The highest BCUT2D eigenvalue weighted by Crippen LogP contribution is 2.27. The molecule has 2 aromatic heterocycles. The molecule has 0 bridgehead atoms. The molecule has 132 valence electrons. The molecular formula is C16H15F3N4O2. The Morgan fingerprint density at radius 1 is 1.32 bits per heavy atom. The zero-order valence-corrected chi connectivity index (χ0v) is 13.3. The minimum Gasteiger partial charge on any atom is -0.441 e. The number of H-pyrrole nitrogens is 1. The van der Waals surface area contributed by atoms with Gasteiger partial charge in [0.2, 0.25) is 0 Å². The highest BCUT2D eigenvalue weighted by Gasteiger charge is 2.33. The van der Waals surface area contributed by atoms with E-state index < -0.39 is 17.8 Å². The van der Waals surface area contributed by atoms with Gasteiger partial charge in [-0.2, -0.15) is 18.3 Å². The second-order valence-electron chi connectivity index (χ2n) is 5.60. The first-order valence-electron chi connectivity index (χ1n) is 7.60. The molecule has 1 amide bonds. The lowest BCUT2D eigenvalue weighted by molar-refractivity contribution is -0.141. The van der Waals surface area contributed by atoms with Crippen molar-refractivity contribution < 1.29 is 22.4 Å². The molecule has 3 rings (SSSR count). The van der Waals surface area contributed by atoms with Gasteiger partial charge in [0.05, 0.1) is 0 Å². The number of alkyl halides is 3. The van der Waals surface area contributed by atoms with Gasteiger partial charge in [0.25, 0.3) is 5.91 Å². The maximum absolute atomic E-state index is 12.5. The first kappa shape index (κ1) is 17.0. The van der Waals surface area contributed by atoms with Crippen LogP contribution in [0.5, 0.6) is 0 Å². The lowest BCUT2D eigenvalue weighted by atomic mass is 10.2. The topological polar surface area (TPSA) is 83.8 Å². The molecule has 3 aromatic rings. The van der Waals surface area contributed by atoms with Crippen LogP contribution in [0, 0.1) is 6.92 Å². The first-order chi connectivity index (χ1) is 11.8. The Balaban J connectivity index is 1.50.